The van der Waals surface area contributed by atoms with Crippen LogP contribution >= 0.6 is 0 Å². The third-order valence-electron chi connectivity index (χ3n) is 3.24. The van der Waals surface area contributed by atoms with Gasteiger partial charge in [0.05, 0.1) is 5.56 Å². The summed E-state index contributed by atoms with van der Waals surface area (Å²) in [6.07, 6.45) is -4.43. The molecule has 2 rings (SSSR count). The molecule has 0 fully saturated rings. The standard InChI is InChI=1S/C15H14F4N2/c16-12-6-4-9(5-7-12)13(20)14(21)10-2-1-3-11(8-10)15(17,18)19/h1-8,13-14H,20-21H2. The van der Waals surface area contributed by atoms with Gasteiger partial charge in [-0.3, -0.25) is 0 Å². The second kappa shape index (κ2) is 5.83. The average molecular weight is 298 g/mol. The van der Waals surface area contributed by atoms with Crippen molar-refractivity contribution in [2.45, 2.75) is 18.3 Å². The lowest BCUT2D eigenvalue weighted by atomic mass is 9.94. The Morgan fingerprint density at radius 2 is 1.38 bits per heavy atom. The van der Waals surface area contributed by atoms with Gasteiger partial charge in [0, 0.05) is 12.1 Å². The molecule has 0 aliphatic heterocycles. The van der Waals surface area contributed by atoms with Crippen molar-refractivity contribution in [3.05, 3.63) is 71.0 Å². The van der Waals surface area contributed by atoms with Crippen molar-refractivity contribution in [2.75, 3.05) is 0 Å². The summed E-state index contributed by atoms with van der Waals surface area (Å²) < 4.78 is 50.9. The third kappa shape index (κ3) is 3.59. The molecule has 0 radical (unpaired) electrons. The molecule has 0 heterocycles. The molecule has 0 aliphatic carbocycles. The quantitative estimate of drug-likeness (QED) is 0.852. The van der Waals surface area contributed by atoms with Gasteiger partial charge in [0.15, 0.2) is 0 Å². The summed E-state index contributed by atoms with van der Waals surface area (Å²) in [4.78, 5) is 0. The zero-order chi connectivity index (χ0) is 15.6. The second-order valence-electron chi connectivity index (χ2n) is 4.73. The highest BCUT2D eigenvalue weighted by molar-refractivity contribution is 5.31. The molecule has 0 saturated carbocycles. The fourth-order valence-corrected chi connectivity index (χ4v) is 2.02. The Bertz CT molecular complexity index is 608. The predicted molar refractivity (Wildman–Crippen MR) is 71.7 cm³/mol. The summed E-state index contributed by atoms with van der Waals surface area (Å²) in [5.41, 5.74) is 11.9. The van der Waals surface area contributed by atoms with Gasteiger partial charge in [-0.2, -0.15) is 13.2 Å². The summed E-state index contributed by atoms with van der Waals surface area (Å²) in [7, 11) is 0. The van der Waals surface area contributed by atoms with E-state index in [9.17, 15) is 17.6 Å². The SMILES string of the molecule is NC(c1ccc(F)cc1)C(N)c1cccc(C(F)(F)F)c1. The maximum Gasteiger partial charge on any atom is 0.416 e. The van der Waals surface area contributed by atoms with Crippen molar-refractivity contribution in [1.29, 1.82) is 0 Å². The number of benzene rings is 2. The summed E-state index contributed by atoms with van der Waals surface area (Å²) in [6, 6.07) is 8.57. The first-order chi connectivity index (χ1) is 9.79. The largest absolute Gasteiger partial charge is 0.416 e. The van der Waals surface area contributed by atoms with Crippen molar-refractivity contribution < 1.29 is 17.6 Å². The van der Waals surface area contributed by atoms with E-state index in [0.717, 1.165) is 12.1 Å². The van der Waals surface area contributed by atoms with Crippen LogP contribution in [0.25, 0.3) is 0 Å². The zero-order valence-corrected chi connectivity index (χ0v) is 10.9. The minimum absolute atomic E-state index is 0.279. The van der Waals surface area contributed by atoms with Crippen LogP contribution in [0.5, 0.6) is 0 Å². The number of nitrogens with two attached hydrogens (primary N) is 2. The molecule has 4 N–H and O–H groups in total. The van der Waals surface area contributed by atoms with E-state index in [0.29, 0.717) is 5.56 Å². The molecule has 2 atom stereocenters. The smallest absolute Gasteiger partial charge is 0.322 e. The molecule has 0 spiro atoms. The average Bonchev–Trinajstić information content (AvgIpc) is 2.46. The molecule has 2 nitrogen and oxygen atoms in total. The topological polar surface area (TPSA) is 52.0 Å². The lowest BCUT2D eigenvalue weighted by Gasteiger charge is -2.21. The molecule has 0 aliphatic rings. The van der Waals surface area contributed by atoms with Gasteiger partial charge >= 0.3 is 6.18 Å². The Hall–Kier alpha value is -1.92. The minimum atomic E-state index is -4.43. The van der Waals surface area contributed by atoms with Crippen LogP contribution in [0.4, 0.5) is 17.6 Å². The van der Waals surface area contributed by atoms with E-state index in [-0.39, 0.29) is 5.56 Å². The van der Waals surface area contributed by atoms with E-state index in [1.807, 2.05) is 0 Å². The van der Waals surface area contributed by atoms with Gasteiger partial charge in [0.2, 0.25) is 0 Å². The minimum Gasteiger partial charge on any atom is -0.322 e. The lowest BCUT2D eigenvalue weighted by Crippen LogP contribution is -2.26. The molecule has 0 saturated heterocycles. The van der Waals surface area contributed by atoms with Gasteiger partial charge in [0.25, 0.3) is 0 Å². The maximum atomic E-state index is 12.9. The number of halogens is 4. The first kappa shape index (κ1) is 15.5. The molecule has 6 heteroatoms. The van der Waals surface area contributed by atoms with Crippen LogP contribution in [-0.2, 0) is 6.18 Å². The normalized spacial score (nSPS) is 14.8. The van der Waals surface area contributed by atoms with E-state index in [2.05, 4.69) is 0 Å². The molecule has 0 bridgehead atoms. The van der Waals surface area contributed by atoms with Crippen molar-refractivity contribution in [1.82, 2.24) is 0 Å². The number of rotatable bonds is 3. The van der Waals surface area contributed by atoms with Crippen LogP contribution in [0.2, 0.25) is 0 Å². The van der Waals surface area contributed by atoms with E-state index in [1.54, 1.807) is 0 Å². The van der Waals surface area contributed by atoms with Crippen LogP contribution in [0.1, 0.15) is 28.8 Å². The summed E-state index contributed by atoms with van der Waals surface area (Å²) in [5, 5.41) is 0. The molecule has 0 amide bonds. The fourth-order valence-electron chi connectivity index (χ4n) is 2.02. The van der Waals surface area contributed by atoms with Crippen molar-refractivity contribution in [3.63, 3.8) is 0 Å². The summed E-state index contributed by atoms with van der Waals surface area (Å²) in [6.45, 7) is 0. The van der Waals surface area contributed by atoms with E-state index < -0.39 is 29.6 Å². The van der Waals surface area contributed by atoms with Crippen LogP contribution in [-0.4, -0.2) is 0 Å². The van der Waals surface area contributed by atoms with Gasteiger partial charge in [-0.15, -0.1) is 0 Å². The molecule has 0 aromatic heterocycles. The molecular weight excluding hydrogens is 284 g/mol. The van der Waals surface area contributed by atoms with Crippen LogP contribution in [0.3, 0.4) is 0 Å². The summed E-state index contributed by atoms with van der Waals surface area (Å²) in [5.74, 6) is -0.418. The number of hydrogen-bond donors (Lipinski definition) is 2. The number of hydrogen-bond acceptors (Lipinski definition) is 2. The van der Waals surface area contributed by atoms with Crippen molar-refractivity contribution >= 4 is 0 Å². The fraction of sp³-hybridized carbons (Fsp3) is 0.200. The Labute approximate surface area is 119 Å². The van der Waals surface area contributed by atoms with Crippen LogP contribution < -0.4 is 11.5 Å². The molecule has 2 aromatic rings. The highest BCUT2D eigenvalue weighted by atomic mass is 19.4. The maximum absolute atomic E-state index is 12.9. The first-order valence-electron chi connectivity index (χ1n) is 6.23. The van der Waals surface area contributed by atoms with Gasteiger partial charge in [-0.1, -0.05) is 24.3 Å². The Morgan fingerprint density at radius 3 is 1.95 bits per heavy atom. The molecule has 112 valence electrons. The number of alkyl halides is 3. The first-order valence-corrected chi connectivity index (χ1v) is 6.23. The van der Waals surface area contributed by atoms with Gasteiger partial charge in [0.1, 0.15) is 5.82 Å². The summed E-state index contributed by atoms with van der Waals surface area (Å²) >= 11 is 0. The zero-order valence-electron chi connectivity index (χ0n) is 10.9. The van der Waals surface area contributed by atoms with E-state index in [4.69, 9.17) is 11.5 Å². The Balaban J connectivity index is 2.27. The highest BCUT2D eigenvalue weighted by Gasteiger charge is 2.31. The van der Waals surface area contributed by atoms with Crippen molar-refractivity contribution in [3.8, 4) is 0 Å². The molecule has 21 heavy (non-hydrogen) atoms. The van der Waals surface area contributed by atoms with Crippen LogP contribution in [0.15, 0.2) is 48.5 Å². The lowest BCUT2D eigenvalue weighted by molar-refractivity contribution is -0.137. The van der Waals surface area contributed by atoms with E-state index >= 15 is 0 Å². The van der Waals surface area contributed by atoms with Crippen LogP contribution in [0, 0.1) is 5.82 Å². The monoisotopic (exact) mass is 298 g/mol. The van der Waals surface area contributed by atoms with Gasteiger partial charge in [-0.25, -0.2) is 4.39 Å². The highest BCUT2D eigenvalue weighted by Crippen LogP contribution is 2.32. The predicted octanol–water partition coefficient (Wildman–Crippen LogP) is 3.54. The second-order valence-corrected chi connectivity index (χ2v) is 4.73. The van der Waals surface area contributed by atoms with Gasteiger partial charge < -0.3 is 11.5 Å². The van der Waals surface area contributed by atoms with E-state index in [1.165, 1.54) is 36.4 Å². The molecule has 2 unspecified atom stereocenters. The Morgan fingerprint density at radius 1 is 0.810 bits per heavy atom. The van der Waals surface area contributed by atoms with Crippen molar-refractivity contribution in [2.24, 2.45) is 11.5 Å². The molecule has 2 aromatic carbocycles. The third-order valence-corrected chi connectivity index (χ3v) is 3.24. The molecular formula is C15H14F4N2. The Kier molecular flexibility index (Phi) is 4.29. The van der Waals surface area contributed by atoms with Gasteiger partial charge in [-0.05, 0) is 35.4 Å².